The number of nitrogens with two attached hydrogens (primary N) is 1. The molecule has 34 heavy (non-hydrogen) atoms. The molecule has 0 radical (unpaired) electrons. The molecule has 1 atom stereocenters. The lowest BCUT2D eigenvalue weighted by atomic mass is 9.82. The van der Waals surface area contributed by atoms with Gasteiger partial charge in [0.1, 0.15) is 22.2 Å². The largest absolute Gasteiger partial charge is 0.485 e. The van der Waals surface area contributed by atoms with Crippen LogP contribution in [0.5, 0.6) is 5.75 Å². The molecule has 1 aromatic carbocycles. The number of imidazole rings is 1. The average molecular weight is 495 g/mol. The van der Waals surface area contributed by atoms with Gasteiger partial charge in [0.05, 0.1) is 17.3 Å². The molecule has 5 heterocycles. The number of halogens is 1. The summed E-state index contributed by atoms with van der Waals surface area (Å²) in [5.41, 5.74) is 8.01. The van der Waals surface area contributed by atoms with Crippen molar-refractivity contribution in [2.45, 2.75) is 34.4 Å². The van der Waals surface area contributed by atoms with Crippen molar-refractivity contribution in [1.29, 1.82) is 0 Å². The number of likely N-dealkylation sites (N-methyl/N-ethyl adjacent to an activating group) is 1. The molecule has 3 aromatic heterocycles. The third-order valence-corrected chi connectivity index (χ3v) is 8.01. The highest BCUT2D eigenvalue weighted by molar-refractivity contribution is 7.99. The van der Waals surface area contributed by atoms with Gasteiger partial charge in [0.25, 0.3) is 0 Å². The van der Waals surface area contributed by atoms with Crippen LogP contribution in [0.25, 0.3) is 11.3 Å². The molecule has 0 aliphatic carbocycles. The molecule has 4 aromatic rings. The Kier molecular flexibility index (Phi) is 5.23. The first-order chi connectivity index (χ1) is 16.6. The summed E-state index contributed by atoms with van der Waals surface area (Å²) in [7, 11) is 2.00. The summed E-state index contributed by atoms with van der Waals surface area (Å²) in [5, 5.41) is 4.58. The molecule has 11 heteroatoms. The number of aromatic nitrogens is 5. The first kappa shape index (κ1) is 21.5. The molecule has 2 aliphatic rings. The normalized spacial score (nSPS) is 18.9. The molecule has 1 saturated heterocycles. The molecule has 174 valence electrons. The lowest BCUT2D eigenvalue weighted by Crippen LogP contribution is -2.52. The summed E-state index contributed by atoms with van der Waals surface area (Å²) in [6.07, 6.45) is 5.09. The second-order valence-electron chi connectivity index (χ2n) is 8.46. The molecule has 1 fully saturated rings. The Morgan fingerprint density at radius 3 is 2.85 bits per heavy atom. The molecule has 0 saturated carbocycles. The third-order valence-electron chi connectivity index (χ3n) is 6.54. The Balaban J connectivity index is 1.20. The highest BCUT2D eigenvalue weighted by Crippen LogP contribution is 2.48. The summed E-state index contributed by atoms with van der Waals surface area (Å²) >= 11 is 7.65. The quantitative estimate of drug-likeness (QED) is 0.389. The van der Waals surface area contributed by atoms with E-state index in [1.165, 1.54) is 17.3 Å². The third kappa shape index (κ3) is 3.53. The minimum Gasteiger partial charge on any atom is -0.485 e. The van der Waals surface area contributed by atoms with Crippen molar-refractivity contribution in [1.82, 2.24) is 30.2 Å². The molecular weight excluding hydrogens is 472 g/mol. The van der Waals surface area contributed by atoms with Crippen LogP contribution in [-0.2, 0) is 0 Å². The summed E-state index contributed by atoms with van der Waals surface area (Å²) in [5.74, 6) is 2.05. The Morgan fingerprint density at radius 2 is 2.03 bits per heavy atom. The van der Waals surface area contributed by atoms with Crippen molar-refractivity contribution >= 4 is 46.4 Å². The number of rotatable bonds is 4. The van der Waals surface area contributed by atoms with Gasteiger partial charge in [-0.15, -0.1) is 0 Å². The maximum absolute atomic E-state index is 6.50. The number of fused-ring (bicyclic) bond motifs is 2. The molecular formula is C23H23ClN8OS. The Hall–Kier alpha value is -3.08. The van der Waals surface area contributed by atoms with Gasteiger partial charge in [0, 0.05) is 42.6 Å². The van der Waals surface area contributed by atoms with E-state index in [1.807, 2.05) is 13.1 Å². The highest BCUT2D eigenvalue weighted by Gasteiger charge is 2.49. The van der Waals surface area contributed by atoms with Gasteiger partial charge in [-0.25, -0.2) is 15.0 Å². The number of H-pyrrole nitrogens is 1. The van der Waals surface area contributed by atoms with Gasteiger partial charge in [-0.3, -0.25) is 0 Å². The molecule has 0 bridgehead atoms. The predicted octanol–water partition coefficient (Wildman–Crippen LogP) is 3.83. The van der Waals surface area contributed by atoms with E-state index in [2.05, 4.69) is 48.4 Å². The van der Waals surface area contributed by atoms with E-state index in [1.54, 1.807) is 18.5 Å². The lowest BCUT2D eigenvalue weighted by Gasteiger charge is -2.41. The Labute approximate surface area is 205 Å². The second-order valence-corrected chi connectivity index (χ2v) is 9.90. The van der Waals surface area contributed by atoms with Gasteiger partial charge in [-0.2, -0.15) is 4.98 Å². The number of nitrogens with zero attached hydrogens (tertiary/aromatic N) is 5. The molecule has 1 unspecified atom stereocenters. The van der Waals surface area contributed by atoms with Crippen molar-refractivity contribution in [2.24, 2.45) is 0 Å². The van der Waals surface area contributed by atoms with Gasteiger partial charge in [-0.1, -0.05) is 41.6 Å². The minimum absolute atomic E-state index is 0.179. The zero-order chi connectivity index (χ0) is 23.3. The fourth-order valence-corrected chi connectivity index (χ4v) is 5.89. The van der Waals surface area contributed by atoms with Crippen LogP contribution in [0, 0.1) is 0 Å². The number of nitrogen functional groups attached to an aromatic ring is 1. The topological polar surface area (TPSA) is 118 Å². The van der Waals surface area contributed by atoms with E-state index in [9.17, 15) is 0 Å². The average Bonchev–Trinajstić information content (AvgIpc) is 3.40. The zero-order valence-electron chi connectivity index (χ0n) is 18.5. The van der Waals surface area contributed by atoms with Crippen LogP contribution < -0.4 is 20.7 Å². The monoisotopic (exact) mass is 494 g/mol. The van der Waals surface area contributed by atoms with Gasteiger partial charge in [0.2, 0.25) is 5.95 Å². The van der Waals surface area contributed by atoms with E-state index in [0.29, 0.717) is 27.2 Å². The zero-order valence-corrected chi connectivity index (χ0v) is 20.0. The minimum atomic E-state index is -0.243. The maximum Gasteiger partial charge on any atom is 0.206 e. The van der Waals surface area contributed by atoms with Crippen LogP contribution in [0.4, 0.5) is 11.8 Å². The van der Waals surface area contributed by atoms with Crippen molar-refractivity contribution in [2.75, 3.05) is 30.8 Å². The molecule has 2 aliphatic heterocycles. The first-order valence-electron chi connectivity index (χ1n) is 11.1. The Morgan fingerprint density at radius 1 is 1.21 bits per heavy atom. The van der Waals surface area contributed by atoms with Crippen LogP contribution in [0.2, 0.25) is 5.02 Å². The molecule has 4 N–H and O–H groups in total. The summed E-state index contributed by atoms with van der Waals surface area (Å²) in [6, 6.07) is 10.3. The number of piperidine rings is 1. The number of hydrogen-bond donors (Lipinski definition) is 3. The number of nitrogens with one attached hydrogen (secondary N) is 2. The Bertz CT molecular complexity index is 1370. The molecule has 6 rings (SSSR count). The van der Waals surface area contributed by atoms with Gasteiger partial charge >= 0.3 is 0 Å². The summed E-state index contributed by atoms with van der Waals surface area (Å²) in [4.78, 5) is 24.2. The first-order valence-corrected chi connectivity index (χ1v) is 12.3. The number of anilines is 2. The van der Waals surface area contributed by atoms with Crippen molar-refractivity contribution in [3.8, 4) is 5.75 Å². The van der Waals surface area contributed by atoms with Crippen LogP contribution in [0.1, 0.15) is 24.4 Å². The van der Waals surface area contributed by atoms with Crippen molar-refractivity contribution < 1.29 is 4.74 Å². The molecule has 9 nitrogen and oxygen atoms in total. The van der Waals surface area contributed by atoms with E-state index in [4.69, 9.17) is 27.1 Å². The van der Waals surface area contributed by atoms with Crippen molar-refractivity contribution in [3.05, 3.63) is 53.3 Å². The van der Waals surface area contributed by atoms with Gasteiger partial charge in [0.15, 0.2) is 11.3 Å². The maximum atomic E-state index is 6.50. The highest BCUT2D eigenvalue weighted by atomic mass is 35.5. The predicted molar refractivity (Wildman–Crippen MR) is 133 cm³/mol. The lowest BCUT2D eigenvalue weighted by molar-refractivity contribution is 0.0334. The van der Waals surface area contributed by atoms with Crippen molar-refractivity contribution in [3.63, 3.8) is 0 Å². The standard InChI is InChI=1S/C23H23ClN8OS/c1-26-18-13-4-2-3-5-14(13)33-23(18)7-10-32(11-8-23)22-30-20-21(31-22)29-16(12-28-20)34-15-6-9-27-19(25)17(15)24/h2-6,9,12,18,26H,7-8,10-11H2,1H3,(H2,25,27)(H,28,29,30,31). The summed E-state index contributed by atoms with van der Waals surface area (Å²) in [6.45, 7) is 1.64. The van der Waals surface area contributed by atoms with E-state index in [0.717, 1.165) is 42.5 Å². The van der Waals surface area contributed by atoms with E-state index < -0.39 is 0 Å². The number of pyridine rings is 1. The van der Waals surface area contributed by atoms with E-state index in [-0.39, 0.29) is 11.6 Å². The van der Waals surface area contributed by atoms with Crippen LogP contribution in [-0.4, -0.2) is 50.7 Å². The van der Waals surface area contributed by atoms with Gasteiger partial charge < -0.3 is 25.7 Å². The van der Waals surface area contributed by atoms with Crippen LogP contribution >= 0.6 is 23.4 Å². The smallest absolute Gasteiger partial charge is 0.206 e. The SMILES string of the molecule is CNC1c2ccccc2OC12CCN(c1nc3nc(Sc4ccnc(N)c4Cl)cnc3[nH]1)CC2. The van der Waals surface area contributed by atoms with Crippen LogP contribution in [0.15, 0.2) is 52.6 Å². The number of ether oxygens (including phenoxy) is 1. The fourth-order valence-electron chi connectivity index (χ4n) is 4.88. The molecule has 0 amide bonds. The molecule has 1 spiro atoms. The number of benzene rings is 1. The number of para-hydroxylation sites is 1. The number of hydrogen-bond acceptors (Lipinski definition) is 9. The van der Waals surface area contributed by atoms with E-state index >= 15 is 0 Å². The summed E-state index contributed by atoms with van der Waals surface area (Å²) < 4.78 is 6.50. The van der Waals surface area contributed by atoms with Crippen LogP contribution in [0.3, 0.4) is 0 Å². The fraction of sp³-hybridized carbons (Fsp3) is 0.304. The van der Waals surface area contributed by atoms with Gasteiger partial charge in [-0.05, 0) is 19.2 Å². The second kappa shape index (κ2) is 8.30. The number of aromatic amines is 1.